The lowest BCUT2D eigenvalue weighted by Crippen LogP contribution is -2.40. The number of β-amino-alcohol motifs (C(OH)–C–C–N with tert-alkyl or cyclic N) is 2. The second-order valence-corrected chi connectivity index (χ2v) is 10.6. The number of hydrogen-bond donors (Lipinski definition) is 2. The first-order valence-electron chi connectivity index (χ1n) is 14.2. The molecule has 2 N–H and O–H groups in total. The van der Waals surface area contributed by atoms with Crippen LogP contribution in [-0.2, 0) is 38.1 Å². The Labute approximate surface area is 257 Å². The van der Waals surface area contributed by atoms with Gasteiger partial charge in [0.15, 0.2) is 0 Å². The Morgan fingerprint density at radius 3 is 0.955 bits per heavy atom. The third-order valence-corrected chi connectivity index (χ3v) is 8.57. The van der Waals surface area contributed by atoms with Gasteiger partial charge in [-0.2, -0.15) is 0 Å². The Morgan fingerprint density at radius 2 is 0.773 bits per heavy atom. The maximum atomic E-state index is 13.2. The van der Waals surface area contributed by atoms with Gasteiger partial charge in [-0.15, -0.1) is 0 Å². The molecule has 0 spiro atoms. The number of nitrogens with zero attached hydrogens (tertiary/aromatic N) is 2. The minimum atomic E-state index is -0.778. The van der Waals surface area contributed by atoms with Crippen LogP contribution in [0.25, 0.3) is 0 Å². The highest BCUT2D eigenvalue weighted by Crippen LogP contribution is 2.46. The fraction of sp³-hybridized carbons (Fsp3) is 0.500. The van der Waals surface area contributed by atoms with Gasteiger partial charge in [0.05, 0.1) is 63.9 Å². The standard InChI is InChI=1S/C32H42N2O10/c1-17-23(29(37)41-5)27(24(30(38)42-6)18(2)33(17)13-15-35)21-9-11-22(12-10-21)28-25(31(39)43-7)19(3)34(14-16-36)20(4)26(28)32(40)44-8/h9-12,21-22,27-28,35-36H,13-16H2,1-8H3. The van der Waals surface area contributed by atoms with Crippen LogP contribution in [0, 0.1) is 23.7 Å². The highest BCUT2D eigenvalue weighted by Gasteiger charge is 2.45. The number of aliphatic hydroxyl groups excluding tert-OH is 2. The lowest BCUT2D eigenvalue weighted by Gasteiger charge is -2.41. The summed E-state index contributed by atoms with van der Waals surface area (Å²) in [5, 5.41) is 19.4. The van der Waals surface area contributed by atoms with E-state index in [9.17, 15) is 29.4 Å². The van der Waals surface area contributed by atoms with Crippen molar-refractivity contribution in [1.82, 2.24) is 9.80 Å². The maximum absolute atomic E-state index is 13.2. The van der Waals surface area contributed by atoms with Crippen molar-refractivity contribution in [2.75, 3.05) is 54.7 Å². The largest absolute Gasteiger partial charge is 0.466 e. The van der Waals surface area contributed by atoms with E-state index in [1.165, 1.54) is 28.4 Å². The summed E-state index contributed by atoms with van der Waals surface area (Å²) >= 11 is 0. The lowest BCUT2D eigenvalue weighted by atomic mass is 9.70. The maximum Gasteiger partial charge on any atom is 0.336 e. The van der Waals surface area contributed by atoms with Crippen molar-refractivity contribution >= 4 is 23.9 Å². The highest BCUT2D eigenvalue weighted by molar-refractivity contribution is 5.99. The first kappa shape index (κ1) is 34.3. The second kappa shape index (κ2) is 14.5. The van der Waals surface area contributed by atoms with Crippen molar-refractivity contribution in [3.63, 3.8) is 0 Å². The SMILES string of the molecule is COC(=O)C1=C(C)N(CCO)C(C)=C(C(=O)OC)C1C1C=CC(C2C(C(=O)OC)=C(C)N(CCO)C(C)=C2C(=O)OC)C=C1. The van der Waals surface area contributed by atoms with Gasteiger partial charge in [-0.3, -0.25) is 0 Å². The summed E-state index contributed by atoms with van der Waals surface area (Å²) in [6.07, 6.45) is 7.33. The van der Waals surface area contributed by atoms with Gasteiger partial charge in [0.1, 0.15) is 0 Å². The molecule has 2 aliphatic heterocycles. The fourth-order valence-electron chi connectivity index (χ4n) is 6.54. The summed E-state index contributed by atoms with van der Waals surface area (Å²) in [5.41, 5.74) is 3.16. The minimum Gasteiger partial charge on any atom is -0.466 e. The molecule has 1 aliphatic carbocycles. The van der Waals surface area contributed by atoms with Crippen LogP contribution in [0.4, 0.5) is 0 Å². The highest BCUT2D eigenvalue weighted by atomic mass is 16.5. The number of esters is 4. The van der Waals surface area contributed by atoms with Gasteiger partial charge in [0, 0.05) is 59.5 Å². The van der Waals surface area contributed by atoms with E-state index in [2.05, 4.69) is 0 Å². The van der Waals surface area contributed by atoms with Crippen molar-refractivity contribution in [2.24, 2.45) is 23.7 Å². The molecule has 0 bridgehead atoms. The Kier molecular flexibility index (Phi) is 11.3. The topological polar surface area (TPSA) is 152 Å². The molecule has 0 radical (unpaired) electrons. The van der Waals surface area contributed by atoms with Gasteiger partial charge >= 0.3 is 23.9 Å². The molecule has 0 aromatic carbocycles. The third-order valence-electron chi connectivity index (χ3n) is 8.57. The Morgan fingerprint density at radius 1 is 0.545 bits per heavy atom. The average molecular weight is 615 g/mol. The lowest BCUT2D eigenvalue weighted by molar-refractivity contribution is -0.140. The van der Waals surface area contributed by atoms with E-state index in [-0.39, 0.29) is 48.6 Å². The molecule has 2 heterocycles. The van der Waals surface area contributed by atoms with E-state index in [1.807, 2.05) is 24.3 Å². The van der Waals surface area contributed by atoms with E-state index < -0.39 is 47.5 Å². The van der Waals surface area contributed by atoms with Gasteiger partial charge < -0.3 is 39.0 Å². The van der Waals surface area contributed by atoms with Crippen molar-refractivity contribution in [3.8, 4) is 0 Å². The van der Waals surface area contributed by atoms with E-state index in [1.54, 1.807) is 37.5 Å². The monoisotopic (exact) mass is 614 g/mol. The van der Waals surface area contributed by atoms with Crippen molar-refractivity contribution in [3.05, 3.63) is 69.4 Å². The van der Waals surface area contributed by atoms with Crippen LogP contribution < -0.4 is 0 Å². The number of ether oxygens (including phenoxy) is 4. The number of carbonyl (C=O) groups excluding carboxylic acids is 4. The van der Waals surface area contributed by atoms with Crippen molar-refractivity contribution in [2.45, 2.75) is 27.7 Å². The molecule has 0 aromatic rings. The fourth-order valence-corrected chi connectivity index (χ4v) is 6.54. The molecule has 0 aromatic heterocycles. The molecule has 3 rings (SSSR count). The van der Waals surface area contributed by atoms with Crippen LogP contribution in [0.5, 0.6) is 0 Å². The van der Waals surface area contributed by atoms with E-state index >= 15 is 0 Å². The summed E-state index contributed by atoms with van der Waals surface area (Å²) in [4.78, 5) is 56.1. The van der Waals surface area contributed by atoms with E-state index in [4.69, 9.17) is 18.9 Å². The molecule has 44 heavy (non-hydrogen) atoms. The molecule has 0 saturated heterocycles. The second-order valence-electron chi connectivity index (χ2n) is 10.6. The number of methoxy groups -OCH3 is 4. The first-order valence-corrected chi connectivity index (χ1v) is 14.2. The van der Waals surface area contributed by atoms with Gasteiger partial charge in [-0.05, 0) is 27.7 Å². The number of hydrogen-bond acceptors (Lipinski definition) is 12. The molecule has 0 fully saturated rings. The average Bonchev–Trinajstić information content (AvgIpc) is 3.03. The predicted molar refractivity (Wildman–Crippen MR) is 159 cm³/mol. The van der Waals surface area contributed by atoms with E-state index in [0.29, 0.717) is 22.8 Å². The summed E-state index contributed by atoms with van der Waals surface area (Å²) < 4.78 is 20.5. The Balaban J connectivity index is 2.18. The van der Waals surface area contributed by atoms with Crippen LogP contribution >= 0.6 is 0 Å². The van der Waals surface area contributed by atoms with Crippen molar-refractivity contribution < 1.29 is 48.3 Å². The van der Waals surface area contributed by atoms with Crippen LogP contribution in [0.15, 0.2) is 69.4 Å². The first-order chi connectivity index (χ1) is 20.9. The predicted octanol–water partition coefficient (Wildman–Crippen LogP) is 1.98. The Hall–Kier alpha value is -4.16. The number of carbonyl (C=O) groups is 4. The molecule has 12 nitrogen and oxygen atoms in total. The molecule has 240 valence electrons. The van der Waals surface area contributed by atoms with Crippen molar-refractivity contribution in [1.29, 1.82) is 0 Å². The number of rotatable bonds is 10. The molecule has 0 amide bonds. The number of aliphatic hydroxyl groups is 2. The van der Waals surface area contributed by atoms with Crippen LogP contribution in [0.2, 0.25) is 0 Å². The third kappa shape index (κ3) is 6.09. The zero-order valence-corrected chi connectivity index (χ0v) is 26.5. The number of allylic oxidation sites excluding steroid dienone is 8. The quantitative estimate of drug-likeness (QED) is 0.210. The van der Waals surface area contributed by atoms with Crippen LogP contribution in [0.1, 0.15) is 27.7 Å². The molecule has 0 unspecified atom stereocenters. The van der Waals surface area contributed by atoms with E-state index in [0.717, 1.165) is 0 Å². The summed E-state index contributed by atoms with van der Waals surface area (Å²) in [6, 6.07) is 0. The van der Waals surface area contributed by atoms with Gasteiger partial charge in [-0.1, -0.05) is 24.3 Å². The molecule has 0 saturated carbocycles. The summed E-state index contributed by atoms with van der Waals surface area (Å²) in [5.74, 6) is -5.07. The van der Waals surface area contributed by atoms with Crippen LogP contribution in [0.3, 0.4) is 0 Å². The zero-order chi connectivity index (χ0) is 32.9. The van der Waals surface area contributed by atoms with Gasteiger partial charge in [0.25, 0.3) is 0 Å². The molecular weight excluding hydrogens is 572 g/mol. The molecular formula is C32H42N2O10. The van der Waals surface area contributed by atoms with Crippen LogP contribution in [-0.4, -0.2) is 98.6 Å². The van der Waals surface area contributed by atoms with Gasteiger partial charge in [0.2, 0.25) is 0 Å². The zero-order valence-electron chi connectivity index (χ0n) is 26.5. The molecule has 0 atom stereocenters. The Bertz CT molecular complexity index is 1190. The molecule has 3 aliphatic rings. The summed E-state index contributed by atoms with van der Waals surface area (Å²) in [7, 11) is 5.04. The minimum absolute atomic E-state index is 0.156. The summed E-state index contributed by atoms with van der Waals surface area (Å²) in [6.45, 7) is 6.82. The normalized spacial score (nSPS) is 21.3. The smallest absolute Gasteiger partial charge is 0.336 e. The molecule has 12 heteroatoms. The van der Waals surface area contributed by atoms with Gasteiger partial charge in [-0.25, -0.2) is 19.2 Å².